The van der Waals surface area contributed by atoms with E-state index in [1.807, 2.05) is 0 Å². The van der Waals surface area contributed by atoms with Gasteiger partial charge in [-0.15, -0.1) is 0 Å². The molecule has 0 atom stereocenters. The Kier molecular flexibility index (Phi) is 5.17. The average Bonchev–Trinajstić information content (AvgIpc) is 2.50. The maximum absolute atomic E-state index is 12.6. The molecule has 1 aromatic carbocycles. The normalized spacial score (nSPS) is 19.9. The third-order valence-corrected chi connectivity index (χ3v) is 6.16. The minimum absolute atomic E-state index is 0.0411. The van der Waals surface area contributed by atoms with Gasteiger partial charge in [0.25, 0.3) is 0 Å². The van der Waals surface area contributed by atoms with E-state index in [2.05, 4.69) is 0 Å². The van der Waals surface area contributed by atoms with E-state index in [4.69, 9.17) is 11.6 Å². The second-order valence-electron chi connectivity index (χ2n) is 6.89. The lowest BCUT2D eigenvalue weighted by atomic mass is 9.72. The number of aliphatic hydroxyl groups excluding tert-OH is 1. The Hall–Kier alpha value is -1.66. The van der Waals surface area contributed by atoms with Crippen LogP contribution in [0.25, 0.3) is 5.76 Å². The van der Waals surface area contributed by atoms with Crippen molar-refractivity contribution in [1.82, 2.24) is 0 Å². The lowest BCUT2D eigenvalue weighted by molar-refractivity contribution is -0.130. The predicted octanol–water partition coefficient (Wildman–Crippen LogP) is 3.53. The first-order valence-corrected chi connectivity index (χ1v) is 10.2. The molecule has 0 unspecified atom stereocenters. The number of hydrogen-bond donors (Lipinski definition) is 1. The summed E-state index contributed by atoms with van der Waals surface area (Å²) in [5.74, 6) is -1.34. The highest BCUT2D eigenvalue weighted by atomic mass is 35.5. The van der Waals surface area contributed by atoms with E-state index >= 15 is 0 Å². The molecule has 0 aliphatic heterocycles. The van der Waals surface area contributed by atoms with Crippen LogP contribution in [0.2, 0.25) is 5.02 Å². The van der Waals surface area contributed by atoms with Crippen LogP contribution in [0.1, 0.15) is 44.7 Å². The number of Topliss-reactive ketones (excluding diaryl/α,β-unsaturated/α-hetero) is 2. The first-order valence-electron chi connectivity index (χ1n) is 7.94. The van der Waals surface area contributed by atoms with Crippen molar-refractivity contribution in [3.63, 3.8) is 0 Å². The first kappa shape index (κ1) is 19.7. The fraction of sp³-hybridized carbons (Fsp3) is 0.444. The number of allylic oxidation sites excluding steroid dienone is 1. The standard InChI is InChI=1S/C18H21ClO5S/c1-5-10-13(25(4,23)24)7-6-11(15(10)19)16(21)14-12(20)8-9-18(2,3)17(14)22/h6-7,21H,5,8-9H2,1-4H3. The lowest BCUT2D eigenvalue weighted by Crippen LogP contribution is -2.35. The average molecular weight is 385 g/mol. The first-order chi connectivity index (χ1) is 11.4. The van der Waals surface area contributed by atoms with Crippen LogP contribution in [-0.2, 0) is 25.8 Å². The van der Waals surface area contributed by atoms with Gasteiger partial charge in [-0.3, -0.25) is 9.59 Å². The molecule has 0 bridgehead atoms. The van der Waals surface area contributed by atoms with Gasteiger partial charge in [0.05, 0.1) is 9.92 Å². The SMILES string of the molecule is CCc1c(S(C)(=O)=O)ccc(C(O)=C2C(=O)CCC(C)(C)C2=O)c1Cl. The van der Waals surface area contributed by atoms with Gasteiger partial charge in [0, 0.05) is 23.7 Å². The van der Waals surface area contributed by atoms with E-state index in [1.165, 1.54) is 12.1 Å². The third kappa shape index (κ3) is 3.51. The number of carbonyl (C=O) groups excluding carboxylic acids is 2. The Morgan fingerprint density at radius 1 is 1.28 bits per heavy atom. The second-order valence-corrected chi connectivity index (χ2v) is 9.25. The zero-order chi connectivity index (χ0) is 19.2. The van der Waals surface area contributed by atoms with Gasteiger partial charge in [-0.05, 0) is 30.5 Å². The molecular formula is C18H21ClO5S. The number of halogens is 1. The van der Waals surface area contributed by atoms with Gasteiger partial charge in [-0.25, -0.2) is 8.42 Å². The van der Waals surface area contributed by atoms with Gasteiger partial charge in [0.1, 0.15) is 11.3 Å². The molecule has 1 fully saturated rings. The van der Waals surface area contributed by atoms with Gasteiger partial charge in [0.15, 0.2) is 21.4 Å². The largest absolute Gasteiger partial charge is 0.506 e. The summed E-state index contributed by atoms with van der Waals surface area (Å²) in [5.41, 5.74) is -0.555. The van der Waals surface area contributed by atoms with Crippen LogP contribution in [-0.4, -0.2) is 31.3 Å². The van der Waals surface area contributed by atoms with Crippen LogP contribution in [0.5, 0.6) is 0 Å². The summed E-state index contributed by atoms with van der Waals surface area (Å²) in [6.07, 6.45) is 1.98. The van der Waals surface area contributed by atoms with Gasteiger partial charge in [-0.2, -0.15) is 0 Å². The van der Waals surface area contributed by atoms with Crippen LogP contribution in [0, 0.1) is 5.41 Å². The molecular weight excluding hydrogens is 364 g/mol. The van der Waals surface area contributed by atoms with Crippen LogP contribution in [0.3, 0.4) is 0 Å². The Morgan fingerprint density at radius 2 is 1.88 bits per heavy atom. The third-order valence-electron chi connectivity index (χ3n) is 4.54. The molecule has 1 aliphatic rings. The topological polar surface area (TPSA) is 88.5 Å². The summed E-state index contributed by atoms with van der Waals surface area (Å²) in [4.78, 5) is 24.9. The zero-order valence-corrected chi connectivity index (χ0v) is 16.2. The number of sulfone groups is 1. The van der Waals surface area contributed by atoms with E-state index in [0.29, 0.717) is 18.4 Å². The summed E-state index contributed by atoms with van der Waals surface area (Å²) in [6, 6.07) is 2.68. The van der Waals surface area contributed by atoms with Crippen molar-refractivity contribution in [2.75, 3.05) is 6.26 Å². The van der Waals surface area contributed by atoms with Crippen LogP contribution in [0.4, 0.5) is 0 Å². The summed E-state index contributed by atoms with van der Waals surface area (Å²) < 4.78 is 23.8. The molecule has 0 saturated heterocycles. The highest BCUT2D eigenvalue weighted by Crippen LogP contribution is 2.38. The molecule has 1 saturated carbocycles. The lowest BCUT2D eigenvalue weighted by Gasteiger charge is -2.29. The van der Waals surface area contributed by atoms with Gasteiger partial charge < -0.3 is 5.11 Å². The van der Waals surface area contributed by atoms with Crippen molar-refractivity contribution < 1.29 is 23.1 Å². The molecule has 0 aromatic heterocycles. The van der Waals surface area contributed by atoms with Gasteiger partial charge >= 0.3 is 0 Å². The molecule has 0 spiro atoms. The van der Waals surface area contributed by atoms with Crippen molar-refractivity contribution in [3.05, 3.63) is 33.9 Å². The molecule has 25 heavy (non-hydrogen) atoms. The van der Waals surface area contributed by atoms with Crippen molar-refractivity contribution >= 4 is 38.8 Å². The summed E-state index contributed by atoms with van der Waals surface area (Å²) in [7, 11) is -3.49. The summed E-state index contributed by atoms with van der Waals surface area (Å²) >= 11 is 6.32. The van der Waals surface area contributed by atoms with Gasteiger partial charge in [0.2, 0.25) is 0 Å². The molecule has 5 nitrogen and oxygen atoms in total. The fourth-order valence-electron chi connectivity index (χ4n) is 2.97. The number of hydrogen-bond acceptors (Lipinski definition) is 5. The van der Waals surface area contributed by atoms with E-state index in [9.17, 15) is 23.1 Å². The highest BCUT2D eigenvalue weighted by Gasteiger charge is 2.40. The van der Waals surface area contributed by atoms with Crippen LogP contribution >= 0.6 is 11.6 Å². The van der Waals surface area contributed by atoms with Crippen LogP contribution in [0.15, 0.2) is 22.6 Å². The zero-order valence-electron chi connectivity index (χ0n) is 14.6. The van der Waals surface area contributed by atoms with Crippen molar-refractivity contribution in [2.45, 2.75) is 44.9 Å². The van der Waals surface area contributed by atoms with Gasteiger partial charge in [-0.1, -0.05) is 32.4 Å². The highest BCUT2D eigenvalue weighted by molar-refractivity contribution is 7.90. The van der Waals surface area contributed by atoms with E-state index < -0.39 is 32.6 Å². The minimum atomic E-state index is -3.49. The smallest absolute Gasteiger partial charge is 0.175 e. The van der Waals surface area contributed by atoms with E-state index in [1.54, 1.807) is 20.8 Å². The van der Waals surface area contributed by atoms with E-state index in [-0.39, 0.29) is 27.5 Å². The summed E-state index contributed by atoms with van der Waals surface area (Å²) in [5, 5.41) is 10.7. The molecule has 1 N–H and O–H groups in total. The predicted molar refractivity (Wildman–Crippen MR) is 96.5 cm³/mol. The molecule has 1 aliphatic carbocycles. The Labute approximate surface area is 152 Å². The molecule has 136 valence electrons. The molecule has 0 heterocycles. The molecule has 0 radical (unpaired) electrons. The monoisotopic (exact) mass is 384 g/mol. The van der Waals surface area contributed by atoms with E-state index in [0.717, 1.165) is 6.26 Å². The Bertz CT molecular complexity index is 894. The number of ketones is 2. The number of carbonyl (C=O) groups is 2. The molecule has 0 amide bonds. The molecule has 7 heteroatoms. The molecule has 2 rings (SSSR count). The number of aliphatic hydroxyl groups is 1. The van der Waals surface area contributed by atoms with Crippen molar-refractivity contribution in [1.29, 1.82) is 0 Å². The maximum atomic E-state index is 12.6. The minimum Gasteiger partial charge on any atom is -0.506 e. The molecule has 1 aromatic rings. The maximum Gasteiger partial charge on any atom is 0.175 e. The number of benzene rings is 1. The second kappa shape index (κ2) is 6.57. The quantitative estimate of drug-likeness (QED) is 0.489. The van der Waals surface area contributed by atoms with Crippen molar-refractivity contribution in [3.8, 4) is 0 Å². The number of rotatable bonds is 3. The Balaban J connectivity index is 2.73. The van der Waals surface area contributed by atoms with Crippen LogP contribution < -0.4 is 0 Å². The summed E-state index contributed by atoms with van der Waals surface area (Å²) in [6.45, 7) is 5.19. The van der Waals surface area contributed by atoms with Crippen molar-refractivity contribution in [2.24, 2.45) is 5.41 Å². The Morgan fingerprint density at radius 3 is 2.40 bits per heavy atom. The fourth-order valence-corrected chi connectivity index (χ4v) is 4.42.